The summed E-state index contributed by atoms with van der Waals surface area (Å²) >= 11 is 0. The molecule has 2 rings (SSSR count). The van der Waals surface area contributed by atoms with E-state index in [1.54, 1.807) is 0 Å². The molecule has 4 heteroatoms. The van der Waals surface area contributed by atoms with Crippen molar-refractivity contribution >= 4 is 8.32 Å². The molecule has 0 radical (unpaired) electrons. The van der Waals surface area contributed by atoms with E-state index in [0.29, 0.717) is 5.41 Å². The van der Waals surface area contributed by atoms with Gasteiger partial charge in [-0.25, -0.2) is 0 Å². The van der Waals surface area contributed by atoms with Crippen LogP contribution in [0.15, 0.2) is 24.3 Å². The second kappa shape index (κ2) is 9.17. The summed E-state index contributed by atoms with van der Waals surface area (Å²) in [4.78, 5) is 0. The van der Waals surface area contributed by atoms with E-state index in [9.17, 15) is 5.26 Å². The van der Waals surface area contributed by atoms with Gasteiger partial charge in [0.25, 0.3) is 0 Å². The first-order chi connectivity index (χ1) is 12.4. The van der Waals surface area contributed by atoms with E-state index < -0.39 is 8.32 Å². The van der Waals surface area contributed by atoms with Crippen molar-refractivity contribution in [3.63, 3.8) is 0 Å². The van der Waals surface area contributed by atoms with Gasteiger partial charge in [0.15, 0.2) is 8.32 Å². The Bertz CT molecular complexity index is 603. The van der Waals surface area contributed by atoms with Crippen molar-refractivity contribution in [1.82, 2.24) is 5.32 Å². The maximum Gasteiger partial charge on any atom is 0.192 e. The van der Waals surface area contributed by atoms with Gasteiger partial charge in [-0.15, -0.1) is 0 Å². The summed E-state index contributed by atoms with van der Waals surface area (Å²) in [5.74, 6) is 0.780. The van der Waals surface area contributed by atoms with Crippen LogP contribution in [0.2, 0.25) is 18.1 Å². The molecule has 1 aliphatic carbocycles. The third kappa shape index (κ3) is 5.19. The van der Waals surface area contributed by atoms with Crippen LogP contribution in [-0.4, -0.2) is 21.4 Å². The smallest absolute Gasteiger partial charge is 0.192 e. The van der Waals surface area contributed by atoms with Gasteiger partial charge in [0, 0.05) is 6.54 Å². The van der Waals surface area contributed by atoms with Crippen molar-refractivity contribution in [2.45, 2.75) is 71.7 Å². The van der Waals surface area contributed by atoms with Gasteiger partial charge in [-0.05, 0) is 60.5 Å². The lowest BCUT2D eigenvalue weighted by molar-refractivity contribution is 0.0915. The minimum absolute atomic E-state index is 0.0227. The molecule has 0 saturated heterocycles. The Morgan fingerprint density at radius 2 is 1.81 bits per heavy atom. The van der Waals surface area contributed by atoms with Crippen LogP contribution in [0.25, 0.3) is 0 Å². The van der Waals surface area contributed by atoms with E-state index in [-0.39, 0.29) is 6.10 Å². The van der Waals surface area contributed by atoms with Crippen LogP contribution in [0.4, 0.5) is 0 Å². The van der Waals surface area contributed by atoms with Crippen molar-refractivity contribution in [1.29, 1.82) is 5.26 Å². The molecule has 1 aromatic rings. The maximum atomic E-state index is 9.54. The van der Waals surface area contributed by atoms with Crippen molar-refractivity contribution in [3.8, 4) is 6.07 Å². The summed E-state index contributed by atoms with van der Waals surface area (Å²) in [5.41, 5.74) is 2.31. The lowest BCUT2D eigenvalue weighted by Gasteiger charge is -2.43. The fourth-order valence-corrected chi connectivity index (χ4v) is 7.28. The third-order valence-electron chi connectivity index (χ3n) is 6.20. The molecule has 26 heavy (non-hydrogen) atoms. The third-order valence-corrected chi connectivity index (χ3v) is 10.8. The highest BCUT2D eigenvalue weighted by Crippen LogP contribution is 2.44. The van der Waals surface area contributed by atoms with Gasteiger partial charge in [0.05, 0.1) is 17.7 Å². The van der Waals surface area contributed by atoms with Crippen LogP contribution >= 0.6 is 0 Å². The van der Waals surface area contributed by atoms with E-state index in [1.165, 1.54) is 12.8 Å². The predicted molar refractivity (Wildman–Crippen MR) is 112 cm³/mol. The highest BCUT2D eigenvalue weighted by atomic mass is 28.4. The van der Waals surface area contributed by atoms with E-state index >= 15 is 0 Å². The Hall–Kier alpha value is -1.15. The number of nitrogens with zero attached hydrogens (tertiary/aromatic N) is 1. The van der Waals surface area contributed by atoms with Crippen LogP contribution < -0.4 is 5.32 Å². The highest BCUT2D eigenvalue weighted by Gasteiger charge is 2.36. The molecule has 0 aliphatic heterocycles. The van der Waals surface area contributed by atoms with Crippen molar-refractivity contribution in [3.05, 3.63) is 35.4 Å². The van der Waals surface area contributed by atoms with Crippen LogP contribution in [0.3, 0.4) is 0 Å². The molecule has 0 amide bonds. The first kappa shape index (κ1) is 21.2. The molecule has 1 saturated carbocycles. The minimum atomic E-state index is -1.74. The van der Waals surface area contributed by atoms with E-state index in [4.69, 9.17) is 4.43 Å². The van der Waals surface area contributed by atoms with Crippen molar-refractivity contribution in [2.75, 3.05) is 13.1 Å². The van der Waals surface area contributed by atoms with Gasteiger partial charge in [-0.1, -0.05) is 52.8 Å². The molecule has 3 nitrogen and oxygen atoms in total. The number of hydrogen-bond donors (Lipinski definition) is 1. The molecule has 1 atom stereocenters. The second-order valence-corrected chi connectivity index (χ2v) is 13.4. The lowest BCUT2D eigenvalue weighted by atomic mass is 9.64. The molecule has 0 heterocycles. The standard InChI is InChI=1S/C22H36N2OSi/c1-6-26(7-2,8-3)25-21(20-12-10-9-11-19(20)15-23)17-24-16-18-13-22(4,5)14-18/h9-12,18,21,24H,6-8,13-14,16-17H2,1-5H3. The average molecular weight is 373 g/mol. The fourth-order valence-electron chi connectivity index (χ4n) is 4.46. The van der Waals surface area contributed by atoms with Gasteiger partial charge in [0.2, 0.25) is 0 Å². The number of nitriles is 1. The van der Waals surface area contributed by atoms with Crippen molar-refractivity contribution in [2.24, 2.45) is 11.3 Å². The van der Waals surface area contributed by atoms with Crippen LogP contribution in [0.1, 0.15) is 64.7 Å². The zero-order valence-corrected chi connectivity index (χ0v) is 18.3. The summed E-state index contributed by atoms with van der Waals surface area (Å²) in [6.45, 7) is 13.3. The first-order valence-corrected chi connectivity index (χ1v) is 12.8. The zero-order chi connectivity index (χ0) is 19.2. The first-order valence-electron chi connectivity index (χ1n) is 10.3. The van der Waals surface area contributed by atoms with E-state index in [0.717, 1.165) is 48.3 Å². The summed E-state index contributed by atoms with van der Waals surface area (Å²) in [7, 11) is -1.74. The largest absolute Gasteiger partial charge is 0.409 e. The molecule has 1 aliphatic rings. The second-order valence-electron chi connectivity index (χ2n) is 8.65. The van der Waals surface area contributed by atoms with E-state index in [1.807, 2.05) is 18.2 Å². The molecule has 0 spiro atoms. The summed E-state index contributed by atoms with van der Waals surface area (Å²) < 4.78 is 6.81. The maximum absolute atomic E-state index is 9.54. The predicted octanol–water partition coefficient (Wildman–Crippen LogP) is 5.65. The Balaban J connectivity index is 2.10. The molecule has 1 fully saturated rings. The number of nitrogens with one attached hydrogen (secondary N) is 1. The van der Waals surface area contributed by atoms with Gasteiger partial charge < -0.3 is 9.74 Å². The van der Waals surface area contributed by atoms with Crippen LogP contribution in [0, 0.1) is 22.7 Å². The van der Waals surface area contributed by atoms with Gasteiger partial charge in [-0.3, -0.25) is 0 Å². The molecule has 0 aromatic heterocycles. The van der Waals surface area contributed by atoms with Gasteiger partial charge in [0.1, 0.15) is 0 Å². The van der Waals surface area contributed by atoms with Crippen molar-refractivity contribution < 1.29 is 4.43 Å². The molecule has 1 aromatic carbocycles. The summed E-state index contributed by atoms with van der Waals surface area (Å²) in [5, 5.41) is 13.2. The molecule has 1 N–H and O–H groups in total. The van der Waals surface area contributed by atoms with Crippen LogP contribution in [0.5, 0.6) is 0 Å². The highest BCUT2D eigenvalue weighted by molar-refractivity contribution is 6.73. The molecular formula is C22H36N2OSi. The van der Waals surface area contributed by atoms with Crippen LogP contribution in [-0.2, 0) is 4.43 Å². The zero-order valence-electron chi connectivity index (χ0n) is 17.3. The number of rotatable bonds is 10. The Morgan fingerprint density at radius 3 is 2.35 bits per heavy atom. The number of hydrogen-bond acceptors (Lipinski definition) is 3. The average Bonchev–Trinajstić information content (AvgIpc) is 2.63. The molecule has 144 valence electrons. The van der Waals surface area contributed by atoms with Gasteiger partial charge >= 0.3 is 0 Å². The Kier molecular flexibility index (Phi) is 7.46. The topological polar surface area (TPSA) is 45.0 Å². The lowest BCUT2D eigenvalue weighted by Crippen LogP contribution is -2.42. The Labute approximate surface area is 161 Å². The molecule has 1 unspecified atom stereocenters. The molecular weight excluding hydrogens is 336 g/mol. The SMILES string of the molecule is CC[Si](CC)(CC)OC(CNCC1CC(C)(C)C1)c1ccccc1C#N. The number of benzene rings is 1. The normalized spacial score (nSPS) is 18.2. The minimum Gasteiger partial charge on any atom is -0.409 e. The van der Waals surface area contributed by atoms with E-state index in [2.05, 4.69) is 52.1 Å². The van der Waals surface area contributed by atoms with Gasteiger partial charge in [-0.2, -0.15) is 5.26 Å². The quantitative estimate of drug-likeness (QED) is 0.540. The summed E-state index contributed by atoms with van der Waals surface area (Å²) in [6, 6.07) is 13.7. The molecule has 0 bridgehead atoms. The summed E-state index contributed by atoms with van der Waals surface area (Å²) in [6.07, 6.45) is 2.58. The fraction of sp³-hybridized carbons (Fsp3) is 0.682. The Morgan fingerprint density at radius 1 is 1.19 bits per heavy atom. The monoisotopic (exact) mass is 372 g/mol.